The van der Waals surface area contributed by atoms with Crippen LogP contribution in [0.1, 0.15) is 6.42 Å². The number of carboxylic acid groups (broad SMARTS) is 1. The molecule has 1 aliphatic heterocycles. The van der Waals surface area contributed by atoms with Crippen molar-refractivity contribution < 1.29 is 14.6 Å². The predicted molar refractivity (Wildman–Crippen MR) is 32.9 cm³/mol. The van der Waals surface area contributed by atoms with Crippen LogP contribution in [0.3, 0.4) is 0 Å². The molecule has 2 atom stereocenters. The van der Waals surface area contributed by atoms with Gasteiger partial charge in [0.05, 0.1) is 18.8 Å². The SMILES string of the molecule is O=C(O)N1CCOC2CC21. The Kier molecular flexibility index (Phi) is 1.11. The lowest BCUT2D eigenvalue weighted by Crippen LogP contribution is -2.40. The zero-order valence-corrected chi connectivity index (χ0v) is 5.49. The molecule has 0 radical (unpaired) electrons. The minimum Gasteiger partial charge on any atom is -0.465 e. The van der Waals surface area contributed by atoms with Crippen LogP contribution >= 0.6 is 0 Å². The lowest BCUT2D eigenvalue weighted by molar-refractivity contribution is 0.0332. The number of hydrogen-bond donors (Lipinski definition) is 1. The number of hydrogen-bond acceptors (Lipinski definition) is 2. The van der Waals surface area contributed by atoms with Gasteiger partial charge in [-0.15, -0.1) is 0 Å². The third kappa shape index (κ3) is 0.759. The van der Waals surface area contributed by atoms with E-state index in [9.17, 15) is 4.79 Å². The molecule has 2 aliphatic rings. The fourth-order valence-corrected chi connectivity index (χ4v) is 1.37. The van der Waals surface area contributed by atoms with Gasteiger partial charge in [0, 0.05) is 6.54 Å². The summed E-state index contributed by atoms with van der Waals surface area (Å²) in [6.45, 7) is 1.10. The van der Waals surface area contributed by atoms with E-state index in [0.29, 0.717) is 13.2 Å². The fourth-order valence-electron chi connectivity index (χ4n) is 1.37. The molecule has 4 heteroatoms. The number of rotatable bonds is 0. The third-order valence-corrected chi connectivity index (χ3v) is 2.01. The van der Waals surface area contributed by atoms with Crippen molar-refractivity contribution in [1.29, 1.82) is 0 Å². The van der Waals surface area contributed by atoms with E-state index >= 15 is 0 Å². The first kappa shape index (κ1) is 5.97. The topological polar surface area (TPSA) is 49.8 Å². The molecule has 1 aliphatic carbocycles. The van der Waals surface area contributed by atoms with E-state index in [0.717, 1.165) is 6.42 Å². The van der Waals surface area contributed by atoms with Gasteiger partial charge in [0.15, 0.2) is 0 Å². The molecule has 1 saturated carbocycles. The van der Waals surface area contributed by atoms with Crippen molar-refractivity contribution in [3.8, 4) is 0 Å². The van der Waals surface area contributed by atoms with Crippen LogP contribution in [-0.2, 0) is 4.74 Å². The van der Waals surface area contributed by atoms with E-state index in [4.69, 9.17) is 9.84 Å². The van der Waals surface area contributed by atoms with Gasteiger partial charge in [-0.25, -0.2) is 4.79 Å². The number of ether oxygens (including phenoxy) is 1. The monoisotopic (exact) mass is 143 g/mol. The Morgan fingerprint density at radius 3 is 3.10 bits per heavy atom. The van der Waals surface area contributed by atoms with E-state index < -0.39 is 6.09 Å². The molecular formula is C6H9NO3. The van der Waals surface area contributed by atoms with Crippen molar-refractivity contribution in [3.63, 3.8) is 0 Å². The normalized spacial score (nSPS) is 37.0. The van der Waals surface area contributed by atoms with E-state index in [1.165, 1.54) is 4.90 Å². The Hall–Kier alpha value is -0.770. The van der Waals surface area contributed by atoms with Gasteiger partial charge in [0.2, 0.25) is 0 Å². The number of carbonyl (C=O) groups is 1. The van der Waals surface area contributed by atoms with Crippen LogP contribution in [-0.4, -0.2) is 41.4 Å². The molecule has 4 nitrogen and oxygen atoms in total. The molecule has 10 heavy (non-hydrogen) atoms. The third-order valence-electron chi connectivity index (χ3n) is 2.01. The van der Waals surface area contributed by atoms with Crippen LogP contribution in [0.4, 0.5) is 4.79 Å². The second-order valence-corrected chi connectivity index (χ2v) is 2.69. The van der Waals surface area contributed by atoms with Crippen molar-refractivity contribution in [2.24, 2.45) is 0 Å². The molecular weight excluding hydrogens is 134 g/mol. The molecule has 1 amide bonds. The van der Waals surface area contributed by atoms with Crippen LogP contribution in [0.2, 0.25) is 0 Å². The molecule has 2 rings (SSSR count). The van der Waals surface area contributed by atoms with Crippen LogP contribution in [0.25, 0.3) is 0 Å². The van der Waals surface area contributed by atoms with Gasteiger partial charge in [0.1, 0.15) is 0 Å². The molecule has 1 heterocycles. The summed E-state index contributed by atoms with van der Waals surface area (Å²) in [6, 6.07) is 0.172. The summed E-state index contributed by atoms with van der Waals surface area (Å²) in [5, 5.41) is 8.61. The molecule has 56 valence electrons. The fraction of sp³-hybridized carbons (Fsp3) is 0.833. The Balaban J connectivity index is 2.02. The van der Waals surface area contributed by atoms with Crippen molar-refractivity contribution in [2.75, 3.05) is 13.2 Å². The molecule has 2 unspecified atom stereocenters. The maximum Gasteiger partial charge on any atom is 0.407 e. The summed E-state index contributed by atoms with van der Waals surface area (Å²) in [5.74, 6) is 0. The maximum atomic E-state index is 10.5. The average molecular weight is 143 g/mol. The summed E-state index contributed by atoms with van der Waals surface area (Å²) < 4.78 is 5.23. The highest BCUT2D eigenvalue weighted by Gasteiger charge is 2.47. The molecule has 0 aromatic rings. The van der Waals surface area contributed by atoms with E-state index in [2.05, 4.69) is 0 Å². The summed E-state index contributed by atoms with van der Waals surface area (Å²) in [4.78, 5) is 11.9. The quantitative estimate of drug-likeness (QED) is 0.524. The van der Waals surface area contributed by atoms with Gasteiger partial charge >= 0.3 is 6.09 Å². The first-order chi connectivity index (χ1) is 4.79. The molecule has 1 saturated heterocycles. The van der Waals surface area contributed by atoms with Gasteiger partial charge in [-0.1, -0.05) is 0 Å². The molecule has 1 N–H and O–H groups in total. The Labute approximate surface area is 58.4 Å². The smallest absolute Gasteiger partial charge is 0.407 e. The summed E-state index contributed by atoms with van der Waals surface area (Å²) >= 11 is 0. The first-order valence-electron chi connectivity index (χ1n) is 3.40. The van der Waals surface area contributed by atoms with E-state index in [-0.39, 0.29) is 12.1 Å². The lowest BCUT2D eigenvalue weighted by atomic mass is 10.4. The Morgan fingerprint density at radius 1 is 1.70 bits per heavy atom. The zero-order chi connectivity index (χ0) is 7.14. The van der Waals surface area contributed by atoms with Gasteiger partial charge < -0.3 is 14.7 Å². The lowest BCUT2D eigenvalue weighted by Gasteiger charge is -2.23. The molecule has 0 bridgehead atoms. The number of fused-ring (bicyclic) bond motifs is 1. The largest absolute Gasteiger partial charge is 0.465 e. The van der Waals surface area contributed by atoms with Crippen LogP contribution in [0.5, 0.6) is 0 Å². The van der Waals surface area contributed by atoms with Gasteiger partial charge in [-0.2, -0.15) is 0 Å². The Bertz CT molecular complexity index is 170. The van der Waals surface area contributed by atoms with Crippen molar-refractivity contribution >= 4 is 6.09 Å². The van der Waals surface area contributed by atoms with Gasteiger partial charge in [-0.05, 0) is 6.42 Å². The molecule has 0 aromatic heterocycles. The minimum absolute atomic E-state index is 0.172. The molecule has 0 spiro atoms. The average Bonchev–Trinajstić information content (AvgIpc) is 2.63. The number of amides is 1. The predicted octanol–water partition coefficient (Wildman–Crippen LogP) is 0.138. The molecule has 2 fully saturated rings. The summed E-state index contributed by atoms with van der Waals surface area (Å²) in [5.41, 5.74) is 0. The second-order valence-electron chi connectivity index (χ2n) is 2.69. The maximum absolute atomic E-state index is 10.5. The van der Waals surface area contributed by atoms with Gasteiger partial charge in [0.25, 0.3) is 0 Å². The number of nitrogens with zero attached hydrogens (tertiary/aromatic N) is 1. The highest BCUT2D eigenvalue weighted by Crippen LogP contribution is 2.34. The van der Waals surface area contributed by atoms with Gasteiger partial charge in [-0.3, -0.25) is 0 Å². The highest BCUT2D eigenvalue weighted by molar-refractivity contribution is 5.66. The standard InChI is InChI=1S/C6H9NO3/c8-6(9)7-1-2-10-5-3-4(5)7/h4-5H,1-3H2,(H,8,9). The van der Waals surface area contributed by atoms with E-state index in [1.54, 1.807) is 0 Å². The van der Waals surface area contributed by atoms with Crippen LogP contribution in [0, 0.1) is 0 Å². The second kappa shape index (κ2) is 1.85. The Morgan fingerprint density at radius 2 is 2.50 bits per heavy atom. The summed E-state index contributed by atoms with van der Waals surface area (Å²) in [6.07, 6.45) is 0.299. The first-order valence-corrected chi connectivity index (χ1v) is 3.40. The number of morpholine rings is 1. The van der Waals surface area contributed by atoms with Crippen molar-refractivity contribution in [2.45, 2.75) is 18.6 Å². The van der Waals surface area contributed by atoms with Crippen molar-refractivity contribution in [3.05, 3.63) is 0 Å². The minimum atomic E-state index is -0.809. The van der Waals surface area contributed by atoms with Crippen LogP contribution < -0.4 is 0 Å². The summed E-state index contributed by atoms with van der Waals surface area (Å²) in [7, 11) is 0. The van der Waals surface area contributed by atoms with Crippen LogP contribution in [0.15, 0.2) is 0 Å². The highest BCUT2D eigenvalue weighted by atomic mass is 16.5. The van der Waals surface area contributed by atoms with E-state index in [1.807, 2.05) is 0 Å². The molecule has 0 aromatic carbocycles. The van der Waals surface area contributed by atoms with Crippen molar-refractivity contribution in [1.82, 2.24) is 4.90 Å². The zero-order valence-electron chi connectivity index (χ0n) is 5.49.